The third-order valence-corrected chi connectivity index (χ3v) is 4.34. The number of nitrogen functional groups attached to an aromatic ring is 5. The van der Waals surface area contributed by atoms with Gasteiger partial charge < -0.3 is 39.5 Å². The van der Waals surface area contributed by atoms with Gasteiger partial charge in [0, 0.05) is 28.4 Å². The van der Waals surface area contributed by atoms with Crippen molar-refractivity contribution in [3.05, 3.63) is 102 Å². The Balaban J connectivity index is 0.000000190. The molecule has 0 saturated heterocycles. The molecule has 0 atom stereocenters. The Morgan fingerprint density at radius 1 is 0.531 bits per heavy atom. The average molecular weight is 428 g/mol. The monoisotopic (exact) mass is 427 g/mol. The SMILES string of the molecule is N=C1C=CC(=N)C=C1.Nc1ccc(Cc2ccc(N)cc2N)cc1.Nc1cccc(N)c1. The maximum absolute atomic E-state index is 7.01. The maximum Gasteiger partial charge on any atom is 0.0541 e. The zero-order chi connectivity index (χ0) is 23.5. The minimum absolute atomic E-state index is 0.459. The van der Waals surface area contributed by atoms with E-state index < -0.39 is 0 Å². The van der Waals surface area contributed by atoms with E-state index >= 15 is 0 Å². The van der Waals surface area contributed by atoms with Crippen LogP contribution in [0.1, 0.15) is 11.1 Å². The molecule has 0 aromatic heterocycles. The topological polar surface area (TPSA) is 178 Å². The molecule has 32 heavy (non-hydrogen) atoms. The van der Waals surface area contributed by atoms with E-state index in [0.29, 0.717) is 28.5 Å². The number of allylic oxidation sites excluding steroid dienone is 4. The molecular formula is C25H29N7. The lowest BCUT2D eigenvalue weighted by atomic mass is 10.0. The number of rotatable bonds is 2. The van der Waals surface area contributed by atoms with Crippen LogP contribution in [0.25, 0.3) is 0 Å². The molecule has 0 bridgehead atoms. The molecule has 164 valence electrons. The van der Waals surface area contributed by atoms with Gasteiger partial charge in [-0.25, -0.2) is 0 Å². The van der Waals surface area contributed by atoms with Gasteiger partial charge in [-0.05, 0) is 84.3 Å². The minimum Gasteiger partial charge on any atom is -0.399 e. The molecule has 4 rings (SSSR count). The first kappa shape index (κ1) is 23.8. The summed E-state index contributed by atoms with van der Waals surface area (Å²) in [6.45, 7) is 0. The zero-order valence-corrected chi connectivity index (χ0v) is 17.8. The van der Waals surface area contributed by atoms with Gasteiger partial charge in [0.1, 0.15) is 0 Å². The van der Waals surface area contributed by atoms with E-state index in [1.54, 1.807) is 48.6 Å². The van der Waals surface area contributed by atoms with Gasteiger partial charge in [0.2, 0.25) is 0 Å². The standard InChI is InChI=1S/C13H15N3.C6H6N2.C6H8N2/c14-11-4-1-9(2-5-11)7-10-3-6-12(15)8-13(10)16;7-5-1-2-6(8)4-3-5;7-5-2-1-3-6(8)4-5/h1-6,8H,7,14-16H2;1-4,7-8H;1-4H,7-8H2. The second-order valence-electron chi connectivity index (χ2n) is 7.12. The Morgan fingerprint density at radius 2 is 1.00 bits per heavy atom. The third kappa shape index (κ3) is 8.46. The summed E-state index contributed by atoms with van der Waals surface area (Å²) in [5.74, 6) is 0. The van der Waals surface area contributed by atoms with Crippen LogP contribution in [-0.2, 0) is 6.42 Å². The normalized spacial score (nSPS) is 11.8. The first-order valence-corrected chi connectivity index (χ1v) is 9.85. The maximum atomic E-state index is 7.01. The van der Waals surface area contributed by atoms with Gasteiger partial charge in [-0.2, -0.15) is 0 Å². The molecule has 0 spiro atoms. The van der Waals surface area contributed by atoms with Crippen molar-refractivity contribution in [3.8, 4) is 0 Å². The van der Waals surface area contributed by atoms with Gasteiger partial charge >= 0.3 is 0 Å². The summed E-state index contributed by atoms with van der Waals surface area (Å²) < 4.78 is 0. The molecule has 3 aromatic carbocycles. The van der Waals surface area contributed by atoms with Crippen molar-refractivity contribution in [2.75, 3.05) is 28.7 Å². The Bertz CT molecular complexity index is 1070. The zero-order valence-electron chi connectivity index (χ0n) is 17.8. The molecule has 12 N–H and O–H groups in total. The molecule has 3 aromatic rings. The van der Waals surface area contributed by atoms with Crippen LogP contribution in [-0.4, -0.2) is 11.4 Å². The molecular weight excluding hydrogens is 398 g/mol. The number of nitrogens with one attached hydrogen (secondary N) is 2. The van der Waals surface area contributed by atoms with E-state index in [1.165, 1.54) is 5.56 Å². The largest absolute Gasteiger partial charge is 0.399 e. The molecule has 0 saturated carbocycles. The molecule has 7 heteroatoms. The number of benzene rings is 3. The highest BCUT2D eigenvalue weighted by Crippen LogP contribution is 2.19. The van der Waals surface area contributed by atoms with Gasteiger partial charge in [-0.15, -0.1) is 0 Å². The van der Waals surface area contributed by atoms with Crippen LogP contribution < -0.4 is 28.7 Å². The lowest BCUT2D eigenvalue weighted by Crippen LogP contribution is -1.97. The lowest BCUT2D eigenvalue weighted by Gasteiger charge is -2.07. The summed E-state index contributed by atoms with van der Waals surface area (Å²) in [5.41, 5.74) is 34.7. The smallest absolute Gasteiger partial charge is 0.0541 e. The third-order valence-electron chi connectivity index (χ3n) is 4.34. The highest BCUT2D eigenvalue weighted by atomic mass is 14.6. The Morgan fingerprint density at radius 3 is 1.44 bits per heavy atom. The van der Waals surface area contributed by atoms with Crippen LogP contribution in [0.15, 0.2) is 91.0 Å². The second kappa shape index (κ2) is 11.6. The van der Waals surface area contributed by atoms with Crippen LogP contribution >= 0.6 is 0 Å². The number of nitrogens with two attached hydrogens (primary N) is 5. The highest BCUT2D eigenvalue weighted by molar-refractivity contribution is 6.16. The predicted octanol–water partition coefficient (Wildman–Crippen LogP) is 4.03. The van der Waals surface area contributed by atoms with Crippen LogP contribution in [0, 0.1) is 10.8 Å². The van der Waals surface area contributed by atoms with Gasteiger partial charge in [0.05, 0.1) is 11.4 Å². The Labute approximate surface area is 188 Å². The molecule has 1 aliphatic rings. The summed E-state index contributed by atoms with van der Waals surface area (Å²) in [4.78, 5) is 0. The molecule has 0 unspecified atom stereocenters. The molecule has 0 heterocycles. The van der Waals surface area contributed by atoms with Crippen molar-refractivity contribution >= 4 is 39.9 Å². The first-order chi connectivity index (χ1) is 15.2. The number of anilines is 5. The summed E-state index contributed by atoms with van der Waals surface area (Å²) in [7, 11) is 0. The predicted molar refractivity (Wildman–Crippen MR) is 138 cm³/mol. The van der Waals surface area contributed by atoms with Gasteiger partial charge in [-0.1, -0.05) is 24.3 Å². The molecule has 7 nitrogen and oxygen atoms in total. The average Bonchev–Trinajstić information content (AvgIpc) is 2.75. The Kier molecular flexibility index (Phi) is 8.62. The lowest BCUT2D eigenvalue weighted by molar-refractivity contribution is 1.20. The van der Waals surface area contributed by atoms with Gasteiger partial charge in [-0.3, -0.25) is 0 Å². The first-order valence-electron chi connectivity index (χ1n) is 9.85. The van der Waals surface area contributed by atoms with E-state index in [9.17, 15) is 0 Å². The van der Waals surface area contributed by atoms with Crippen LogP contribution in [0.4, 0.5) is 28.4 Å². The van der Waals surface area contributed by atoms with E-state index in [0.717, 1.165) is 23.4 Å². The second-order valence-corrected chi connectivity index (χ2v) is 7.12. The van der Waals surface area contributed by atoms with E-state index in [2.05, 4.69) is 0 Å². The molecule has 0 amide bonds. The summed E-state index contributed by atoms with van der Waals surface area (Å²) in [6, 6.07) is 20.6. The molecule has 1 aliphatic carbocycles. The van der Waals surface area contributed by atoms with Gasteiger partial charge in [0.15, 0.2) is 0 Å². The minimum atomic E-state index is 0.459. The quantitative estimate of drug-likeness (QED) is 0.241. The summed E-state index contributed by atoms with van der Waals surface area (Å²) in [6.07, 6.45) is 7.20. The number of hydrogen-bond acceptors (Lipinski definition) is 7. The van der Waals surface area contributed by atoms with Gasteiger partial charge in [0.25, 0.3) is 0 Å². The van der Waals surface area contributed by atoms with Crippen LogP contribution in [0.3, 0.4) is 0 Å². The molecule has 0 aliphatic heterocycles. The summed E-state index contributed by atoms with van der Waals surface area (Å²) in [5, 5.41) is 14.0. The van der Waals surface area contributed by atoms with E-state index in [1.807, 2.05) is 42.5 Å². The van der Waals surface area contributed by atoms with Crippen LogP contribution in [0.2, 0.25) is 0 Å². The number of hydrogen-bond donors (Lipinski definition) is 7. The molecule has 0 fully saturated rings. The van der Waals surface area contributed by atoms with E-state index in [-0.39, 0.29) is 0 Å². The van der Waals surface area contributed by atoms with Crippen molar-refractivity contribution in [1.82, 2.24) is 0 Å². The van der Waals surface area contributed by atoms with Crippen molar-refractivity contribution in [2.24, 2.45) is 0 Å². The Hall–Kier alpha value is -4.52. The van der Waals surface area contributed by atoms with Crippen molar-refractivity contribution in [3.63, 3.8) is 0 Å². The molecule has 0 radical (unpaired) electrons. The van der Waals surface area contributed by atoms with Crippen LogP contribution in [0.5, 0.6) is 0 Å². The van der Waals surface area contributed by atoms with Crippen molar-refractivity contribution < 1.29 is 0 Å². The fourth-order valence-corrected chi connectivity index (χ4v) is 2.66. The van der Waals surface area contributed by atoms with Crippen molar-refractivity contribution in [2.45, 2.75) is 6.42 Å². The van der Waals surface area contributed by atoms with E-state index in [4.69, 9.17) is 39.5 Å². The fourth-order valence-electron chi connectivity index (χ4n) is 2.66. The summed E-state index contributed by atoms with van der Waals surface area (Å²) >= 11 is 0. The fraction of sp³-hybridized carbons (Fsp3) is 0.0400. The van der Waals surface area contributed by atoms with Crippen molar-refractivity contribution in [1.29, 1.82) is 10.8 Å². The highest BCUT2D eigenvalue weighted by Gasteiger charge is 2.01.